The molecule has 2 aromatic rings. The van der Waals surface area contributed by atoms with Crippen LogP contribution in [0, 0.1) is 17.0 Å². The van der Waals surface area contributed by atoms with Gasteiger partial charge in [-0.05, 0) is 57.9 Å². The summed E-state index contributed by atoms with van der Waals surface area (Å²) >= 11 is 9.24. The number of hydrogen-bond donors (Lipinski definition) is 5. The maximum atomic E-state index is 15.5. The van der Waals surface area contributed by atoms with E-state index in [4.69, 9.17) is 22.4 Å². The van der Waals surface area contributed by atoms with E-state index < -0.39 is 53.8 Å². The number of nitrogens with two attached hydrogens (primary N) is 1. The van der Waals surface area contributed by atoms with Gasteiger partial charge in [-0.2, -0.15) is 0 Å². The van der Waals surface area contributed by atoms with Crippen LogP contribution in [0.3, 0.4) is 0 Å². The van der Waals surface area contributed by atoms with Gasteiger partial charge in [0.05, 0.1) is 28.8 Å². The van der Waals surface area contributed by atoms with E-state index in [0.29, 0.717) is 6.42 Å². The molecule has 6 N–H and O–H groups in total. The molecule has 0 bridgehead atoms. The Morgan fingerprint density at radius 1 is 1.31 bits per heavy atom. The summed E-state index contributed by atoms with van der Waals surface area (Å²) in [5, 5.41) is 24.9. The highest BCUT2D eigenvalue weighted by Gasteiger charge is 2.58. The quantitative estimate of drug-likeness (QED) is 0.321. The maximum absolute atomic E-state index is 15.5. The number of aliphatic hydroxyl groups is 2. The minimum atomic E-state index is -1.52. The van der Waals surface area contributed by atoms with E-state index in [-0.39, 0.29) is 39.0 Å². The lowest BCUT2D eigenvalue weighted by atomic mass is 9.68. The van der Waals surface area contributed by atoms with Crippen molar-refractivity contribution in [2.45, 2.75) is 63.3 Å². The van der Waals surface area contributed by atoms with Crippen molar-refractivity contribution in [2.24, 2.45) is 11.1 Å². The second-order valence-electron chi connectivity index (χ2n) is 10.6. The second-order valence-corrected chi connectivity index (χ2v) is 11.8. The predicted octanol–water partition coefficient (Wildman–Crippen LogP) is 3.95. The first kappa shape index (κ1) is 28.9. The number of aliphatic hydroxyl groups excluding tert-OH is 2. The number of benzene rings is 2. The van der Waals surface area contributed by atoms with Gasteiger partial charge in [0.15, 0.2) is 0 Å². The Morgan fingerprint density at radius 3 is 2.61 bits per heavy atom. The molecule has 0 saturated carbocycles. The van der Waals surface area contributed by atoms with Gasteiger partial charge in [-0.1, -0.05) is 50.6 Å². The van der Waals surface area contributed by atoms with Crippen LogP contribution in [-0.4, -0.2) is 47.5 Å². The average Bonchev–Trinajstić information content (AvgIpc) is 3.06. The summed E-state index contributed by atoms with van der Waals surface area (Å²) in [5.41, 5.74) is 5.64. The summed E-state index contributed by atoms with van der Waals surface area (Å²) in [4.78, 5) is 13.4. The van der Waals surface area contributed by atoms with Crippen molar-refractivity contribution in [3.05, 3.63) is 68.7 Å². The van der Waals surface area contributed by atoms with Crippen molar-refractivity contribution in [3.63, 3.8) is 0 Å². The number of carbonyl (C=O) groups excluding carboxylic acids is 1. The zero-order valence-corrected chi connectivity index (χ0v) is 22.8. The Balaban J connectivity index is 2.17. The third kappa shape index (κ3) is 6.09. The maximum Gasteiger partial charge on any atom is 0.237 e. The van der Waals surface area contributed by atoms with E-state index in [1.165, 1.54) is 12.1 Å². The zero-order valence-electron chi connectivity index (χ0n) is 20.5. The highest BCUT2D eigenvalue weighted by molar-refractivity contribution is 9.10. The molecule has 1 fully saturated rings. The summed E-state index contributed by atoms with van der Waals surface area (Å²) in [6.07, 6.45) is -0.383. The van der Waals surface area contributed by atoms with E-state index >= 15 is 8.78 Å². The normalized spacial score (nSPS) is 25.1. The molecule has 10 heteroatoms. The van der Waals surface area contributed by atoms with Crippen molar-refractivity contribution in [1.29, 1.82) is 0 Å². The highest BCUT2D eigenvalue weighted by atomic mass is 79.9. The van der Waals surface area contributed by atoms with Crippen LogP contribution in [0.1, 0.15) is 50.7 Å². The lowest BCUT2D eigenvalue weighted by molar-refractivity contribution is -0.123. The third-order valence-corrected chi connectivity index (χ3v) is 7.45. The van der Waals surface area contributed by atoms with Crippen LogP contribution in [0.4, 0.5) is 8.78 Å². The van der Waals surface area contributed by atoms with Crippen LogP contribution in [0.15, 0.2) is 40.9 Å². The number of hydrogen-bond acceptors (Lipinski definition) is 5. The number of halogens is 4. The minimum Gasteiger partial charge on any atom is -0.394 e. The van der Waals surface area contributed by atoms with Crippen LogP contribution in [-0.2, 0) is 10.3 Å². The van der Waals surface area contributed by atoms with E-state index in [1.807, 2.05) is 20.8 Å². The molecule has 5 atom stereocenters. The Morgan fingerprint density at radius 2 is 2.00 bits per heavy atom. The van der Waals surface area contributed by atoms with Crippen molar-refractivity contribution in [2.75, 3.05) is 13.2 Å². The van der Waals surface area contributed by atoms with Crippen molar-refractivity contribution in [3.8, 4) is 0 Å². The fraction of sp³-hybridized carbons (Fsp3) is 0.500. The number of amides is 1. The van der Waals surface area contributed by atoms with Crippen LogP contribution in [0.25, 0.3) is 0 Å². The van der Waals surface area contributed by atoms with Crippen LogP contribution >= 0.6 is 27.5 Å². The first-order valence-electron chi connectivity index (χ1n) is 11.8. The van der Waals surface area contributed by atoms with Crippen LogP contribution in [0.2, 0.25) is 5.02 Å². The lowest BCUT2D eigenvalue weighted by Crippen LogP contribution is -2.52. The molecule has 3 rings (SSSR count). The van der Waals surface area contributed by atoms with Crippen LogP contribution in [0.5, 0.6) is 0 Å². The molecule has 0 aromatic heterocycles. The van der Waals surface area contributed by atoms with Gasteiger partial charge in [-0.3, -0.25) is 4.79 Å². The Hall–Kier alpha value is -1.62. The van der Waals surface area contributed by atoms with Gasteiger partial charge in [0.25, 0.3) is 0 Å². The number of rotatable bonds is 8. The fourth-order valence-electron chi connectivity index (χ4n) is 4.97. The van der Waals surface area contributed by atoms with Gasteiger partial charge in [-0.25, -0.2) is 8.78 Å². The molecule has 1 saturated heterocycles. The van der Waals surface area contributed by atoms with Crippen molar-refractivity contribution < 1.29 is 23.8 Å². The smallest absolute Gasteiger partial charge is 0.237 e. The summed E-state index contributed by atoms with van der Waals surface area (Å²) in [6, 6.07) is 7.32. The molecule has 2 aromatic carbocycles. The molecule has 0 spiro atoms. The van der Waals surface area contributed by atoms with Crippen molar-refractivity contribution >= 4 is 33.4 Å². The molecule has 1 heterocycles. The third-order valence-electron chi connectivity index (χ3n) is 6.61. The summed E-state index contributed by atoms with van der Waals surface area (Å²) in [5.74, 6) is -2.68. The van der Waals surface area contributed by atoms with Gasteiger partial charge in [0.1, 0.15) is 11.6 Å². The standard InChI is InChI=1S/C26H33BrClF2N3O3/c1-25(2,3)12-20-26(31,17-8-7-14(28)11-19(17)29)21(16-5-4-6-18(27)22(16)30)23(33-20)24(36)32-10-9-15(35)13-34/h4-8,11,15,20-21,23,33-35H,9-10,12-13,31H2,1-3H3,(H,32,36)/t15-,20-,21-,23+,26+/m0/s1. The molecule has 1 aliphatic heterocycles. The number of carbonyl (C=O) groups is 1. The molecular formula is C26H33BrClF2N3O3. The Bertz CT molecular complexity index is 1100. The molecule has 1 aliphatic rings. The number of nitrogens with one attached hydrogen (secondary N) is 2. The SMILES string of the molecule is CC(C)(C)C[C@@H]1N[C@@H](C(=O)NCC[C@H](O)CO)[C@H](c2cccc(Br)c2F)[C@@]1(N)c1ccc(Cl)cc1F. The summed E-state index contributed by atoms with van der Waals surface area (Å²) in [6.45, 7) is 5.67. The summed E-state index contributed by atoms with van der Waals surface area (Å²) in [7, 11) is 0. The predicted molar refractivity (Wildman–Crippen MR) is 140 cm³/mol. The van der Waals surface area contributed by atoms with E-state index in [9.17, 15) is 9.90 Å². The van der Waals surface area contributed by atoms with Gasteiger partial charge in [-0.15, -0.1) is 0 Å². The molecule has 6 nitrogen and oxygen atoms in total. The average molecular weight is 589 g/mol. The first-order valence-corrected chi connectivity index (χ1v) is 13.0. The molecular weight excluding hydrogens is 556 g/mol. The highest BCUT2D eigenvalue weighted by Crippen LogP contribution is 2.49. The zero-order chi connectivity index (χ0) is 26.8. The lowest BCUT2D eigenvalue weighted by Gasteiger charge is -2.40. The minimum absolute atomic E-state index is 0.0865. The summed E-state index contributed by atoms with van der Waals surface area (Å²) < 4.78 is 31.2. The van der Waals surface area contributed by atoms with Crippen LogP contribution < -0.4 is 16.4 Å². The fourth-order valence-corrected chi connectivity index (χ4v) is 5.51. The van der Waals surface area contributed by atoms with E-state index in [1.54, 1.807) is 18.2 Å². The Labute approximate surface area is 223 Å². The van der Waals surface area contributed by atoms with Gasteiger partial charge < -0.3 is 26.6 Å². The van der Waals surface area contributed by atoms with E-state index in [2.05, 4.69) is 26.6 Å². The van der Waals surface area contributed by atoms with E-state index in [0.717, 1.165) is 6.07 Å². The van der Waals surface area contributed by atoms with Crippen molar-refractivity contribution in [1.82, 2.24) is 10.6 Å². The Kier molecular flexibility index (Phi) is 9.17. The molecule has 198 valence electrons. The molecule has 36 heavy (non-hydrogen) atoms. The van der Waals surface area contributed by atoms with Gasteiger partial charge >= 0.3 is 0 Å². The molecule has 1 amide bonds. The van der Waals surface area contributed by atoms with Gasteiger partial charge in [0.2, 0.25) is 5.91 Å². The molecule has 0 unspecified atom stereocenters. The largest absolute Gasteiger partial charge is 0.394 e. The first-order chi connectivity index (χ1) is 16.8. The molecule has 0 aliphatic carbocycles. The second kappa shape index (κ2) is 11.4. The monoisotopic (exact) mass is 587 g/mol. The van der Waals surface area contributed by atoms with Gasteiger partial charge in [0, 0.05) is 29.1 Å². The molecule has 0 radical (unpaired) electrons. The topological polar surface area (TPSA) is 108 Å².